The molecule has 4 aromatic heterocycles. The van der Waals surface area contributed by atoms with Gasteiger partial charge in [0.05, 0.1) is 29.0 Å². The first-order valence-corrected chi connectivity index (χ1v) is 12.3. The second kappa shape index (κ2) is 8.77. The molecule has 7 rings (SSSR count). The molecule has 6 heterocycles. The maximum absolute atomic E-state index is 12.0. The maximum atomic E-state index is 12.0. The summed E-state index contributed by atoms with van der Waals surface area (Å²) in [5.41, 5.74) is 4.01. The number of amides is 1. The van der Waals surface area contributed by atoms with Crippen molar-refractivity contribution in [1.82, 2.24) is 29.8 Å². The number of nitrogens with one attached hydrogen (secondary N) is 1. The van der Waals surface area contributed by atoms with Crippen LogP contribution in [0.2, 0.25) is 0 Å². The number of pyridine rings is 3. The molecule has 0 aromatic carbocycles. The second-order valence-corrected chi connectivity index (χ2v) is 9.38. The van der Waals surface area contributed by atoms with Crippen molar-refractivity contribution in [2.45, 2.75) is 18.8 Å². The molecule has 11 nitrogen and oxygen atoms in total. The summed E-state index contributed by atoms with van der Waals surface area (Å²) in [5, 5.41) is 13.3. The van der Waals surface area contributed by atoms with Crippen molar-refractivity contribution in [1.29, 1.82) is 5.26 Å². The van der Waals surface area contributed by atoms with Crippen LogP contribution >= 0.6 is 0 Å². The summed E-state index contributed by atoms with van der Waals surface area (Å²) in [4.78, 5) is 38.9. The fourth-order valence-electron chi connectivity index (χ4n) is 4.84. The van der Waals surface area contributed by atoms with Gasteiger partial charge >= 0.3 is 6.09 Å². The third-order valence-electron chi connectivity index (χ3n) is 6.85. The first-order chi connectivity index (χ1) is 18.7. The number of rotatable bonds is 5. The predicted octanol–water partition coefficient (Wildman–Crippen LogP) is 4.09. The number of nitriles is 1. The van der Waals surface area contributed by atoms with Crippen LogP contribution in [0.1, 0.15) is 29.9 Å². The molecule has 0 unspecified atom stereocenters. The average molecular weight is 504 g/mol. The molecule has 0 spiro atoms. The minimum absolute atomic E-state index is 0.253. The van der Waals surface area contributed by atoms with Crippen molar-refractivity contribution < 1.29 is 9.53 Å². The minimum Gasteiger partial charge on any atom is -0.443 e. The molecule has 4 aromatic rings. The largest absolute Gasteiger partial charge is 0.443 e. The molecule has 0 radical (unpaired) electrons. The summed E-state index contributed by atoms with van der Waals surface area (Å²) in [5.74, 6) is 2.85. The van der Waals surface area contributed by atoms with E-state index in [0.29, 0.717) is 42.0 Å². The lowest BCUT2D eigenvalue weighted by Gasteiger charge is -2.30. The van der Waals surface area contributed by atoms with Crippen LogP contribution in [0.15, 0.2) is 60.9 Å². The van der Waals surface area contributed by atoms with E-state index in [-0.39, 0.29) is 12.7 Å². The third kappa shape index (κ3) is 3.92. The van der Waals surface area contributed by atoms with E-state index < -0.39 is 0 Å². The standard InChI is InChI=1S/C27H21N9O2/c28-11-16-3-5-30-22(9-16)33-23-10-18(4-6-31-23)25-32-21-13-29-12-20(17-1-2-17)24(21)26(34-25)35-7-8-36-19(14-35)15-38-27(36)37/h3-6,9-10,12-14,17H,1-2,7-8,15H2,(H,30,31,33). The van der Waals surface area contributed by atoms with Crippen molar-refractivity contribution >= 4 is 34.4 Å². The van der Waals surface area contributed by atoms with Gasteiger partial charge in [0.2, 0.25) is 0 Å². The minimum atomic E-state index is -0.307. The van der Waals surface area contributed by atoms with Gasteiger partial charge in [-0.1, -0.05) is 0 Å². The van der Waals surface area contributed by atoms with Gasteiger partial charge in [0.1, 0.15) is 24.1 Å². The smallest absolute Gasteiger partial charge is 0.414 e. The van der Waals surface area contributed by atoms with Crippen LogP contribution in [0.5, 0.6) is 0 Å². The van der Waals surface area contributed by atoms with Crippen LogP contribution in [0, 0.1) is 11.3 Å². The Balaban J connectivity index is 1.32. The Morgan fingerprint density at radius 3 is 2.74 bits per heavy atom. The Kier molecular flexibility index (Phi) is 5.11. The number of nitrogens with zero attached hydrogens (tertiary/aromatic N) is 8. The fourth-order valence-corrected chi connectivity index (χ4v) is 4.84. The molecule has 3 aliphatic rings. The van der Waals surface area contributed by atoms with Crippen LogP contribution in [0.3, 0.4) is 0 Å². The van der Waals surface area contributed by atoms with Gasteiger partial charge in [-0.05, 0) is 48.6 Å². The van der Waals surface area contributed by atoms with E-state index in [1.54, 1.807) is 35.6 Å². The van der Waals surface area contributed by atoms with E-state index in [9.17, 15) is 10.1 Å². The van der Waals surface area contributed by atoms with Crippen LogP contribution < -0.4 is 10.2 Å². The molecule has 1 aliphatic carbocycles. The average Bonchev–Trinajstić information content (AvgIpc) is 3.74. The molecule has 11 heteroatoms. The number of carbonyl (C=O) groups excluding carboxylic acids is 1. The van der Waals surface area contributed by atoms with Gasteiger partial charge < -0.3 is 15.0 Å². The number of hydrogen-bond acceptors (Lipinski definition) is 10. The number of hydrogen-bond donors (Lipinski definition) is 1. The first-order valence-electron chi connectivity index (χ1n) is 12.3. The molecule has 0 bridgehead atoms. The Morgan fingerprint density at radius 1 is 1.05 bits per heavy atom. The van der Waals surface area contributed by atoms with Crippen molar-refractivity contribution in [3.8, 4) is 17.5 Å². The molecule has 1 N–H and O–H groups in total. The number of fused-ring (bicyclic) bond motifs is 2. The van der Waals surface area contributed by atoms with E-state index in [4.69, 9.17) is 14.7 Å². The highest BCUT2D eigenvalue weighted by atomic mass is 16.6. The summed E-state index contributed by atoms with van der Waals surface area (Å²) in [7, 11) is 0. The van der Waals surface area contributed by atoms with E-state index in [1.807, 2.05) is 24.5 Å². The summed E-state index contributed by atoms with van der Waals surface area (Å²) in [6.45, 7) is 1.36. The van der Waals surface area contributed by atoms with E-state index in [1.165, 1.54) is 0 Å². The highest BCUT2D eigenvalue weighted by Gasteiger charge is 2.34. The zero-order chi connectivity index (χ0) is 25.6. The Labute approximate surface area is 217 Å². The zero-order valence-corrected chi connectivity index (χ0v) is 20.2. The Bertz CT molecular complexity index is 1680. The van der Waals surface area contributed by atoms with Gasteiger partial charge in [-0.2, -0.15) is 5.26 Å². The molecule has 0 atom stereocenters. The summed E-state index contributed by atoms with van der Waals surface area (Å²) < 4.78 is 5.23. The monoisotopic (exact) mass is 503 g/mol. The van der Waals surface area contributed by atoms with Crippen molar-refractivity contribution in [3.63, 3.8) is 0 Å². The lowest BCUT2D eigenvalue weighted by Crippen LogP contribution is -2.38. The Morgan fingerprint density at radius 2 is 1.89 bits per heavy atom. The molecule has 2 fully saturated rings. The first kappa shape index (κ1) is 22.1. The van der Waals surface area contributed by atoms with Crippen LogP contribution in [-0.2, 0) is 4.74 Å². The van der Waals surface area contributed by atoms with Gasteiger partial charge in [0, 0.05) is 48.8 Å². The van der Waals surface area contributed by atoms with E-state index >= 15 is 0 Å². The predicted molar refractivity (Wildman–Crippen MR) is 138 cm³/mol. The lowest BCUT2D eigenvalue weighted by molar-refractivity contribution is 0.159. The van der Waals surface area contributed by atoms with Crippen LogP contribution in [0.25, 0.3) is 22.3 Å². The van der Waals surface area contributed by atoms with Gasteiger partial charge in [0.15, 0.2) is 5.82 Å². The quantitative estimate of drug-likeness (QED) is 0.424. The summed E-state index contributed by atoms with van der Waals surface area (Å²) >= 11 is 0. The number of carbonyl (C=O) groups is 1. The van der Waals surface area contributed by atoms with Gasteiger partial charge in [-0.15, -0.1) is 0 Å². The van der Waals surface area contributed by atoms with Crippen molar-refractivity contribution in [2.75, 3.05) is 29.9 Å². The Hall–Kier alpha value is -5.11. The number of ether oxygens (including phenoxy) is 1. The SMILES string of the molecule is N#Cc1ccnc(Nc2cc(-c3nc(N4C=C5COC(=O)N5CC4)c4c(C5CC5)cncc4n3)ccn2)c1. The number of aromatic nitrogens is 5. The second-order valence-electron chi connectivity index (χ2n) is 9.38. The van der Waals surface area contributed by atoms with Crippen molar-refractivity contribution in [2.24, 2.45) is 0 Å². The van der Waals surface area contributed by atoms with E-state index in [0.717, 1.165) is 46.4 Å². The summed E-state index contributed by atoms with van der Waals surface area (Å²) in [6.07, 6.45) is 10.8. The maximum Gasteiger partial charge on any atom is 0.414 e. The molecule has 2 aliphatic heterocycles. The van der Waals surface area contributed by atoms with Gasteiger partial charge in [0.25, 0.3) is 0 Å². The van der Waals surface area contributed by atoms with Crippen molar-refractivity contribution in [3.05, 3.63) is 72.1 Å². The number of anilines is 3. The highest BCUT2D eigenvalue weighted by Crippen LogP contribution is 2.45. The topological polar surface area (TPSA) is 133 Å². The zero-order valence-electron chi connectivity index (χ0n) is 20.2. The highest BCUT2D eigenvalue weighted by molar-refractivity contribution is 5.94. The van der Waals surface area contributed by atoms with Gasteiger partial charge in [-0.25, -0.2) is 24.7 Å². The molecule has 1 saturated carbocycles. The molecular formula is C27H21N9O2. The molecule has 186 valence electrons. The van der Waals surface area contributed by atoms with Crippen LogP contribution in [-0.4, -0.2) is 55.6 Å². The molecule has 1 amide bonds. The third-order valence-corrected chi connectivity index (χ3v) is 6.85. The number of cyclic esters (lactones) is 1. The molecule has 38 heavy (non-hydrogen) atoms. The van der Waals surface area contributed by atoms with Crippen LogP contribution in [0.4, 0.5) is 22.2 Å². The fraction of sp³-hybridized carbons (Fsp3) is 0.222. The molecule has 1 saturated heterocycles. The normalized spacial score (nSPS) is 16.6. The molecular weight excluding hydrogens is 482 g/mol. The van der Waals surface area contributed by atoms with E-state index in [2.05, 4.69) is 31.2 Å². The summed E-state index contributed by atoms with van der Waals surface area (Å²) in [6, 6.07) is 9.12. The van der Waals surface area contributed by atoms with Gasteiger partial charge in [-0.3, -0.25) is 9.88 Å². The lowest BCUT2D eigenvalue weighted by atomic mass is 10.1.